The molecule has 4 rings (SSSR count). The monoisotopic (exact) mass is 470 g/mol. The van der Waals surface area contributed by atoms with Crippen LogP contribution in [0, 0.1) is 0 Å². The van der Waals surface area contributed by atoms with Crippen molar-refractivity contribution in [1.29, 1.82) is 0 Å². The highest BCUT2D eigenvalue weighted by Gasteiger charge is 2.27. The predicted octanol–water partition coefficient (Wildman–Crippen LogP) is 4.88. The van der Waals surface area contributed by atoms with Crippen LogP contribution in [0.15, 0.2) is 60.0 Å². The fourth-order valence-corrected chi connectivity index (χ4v) is 4.96. The molecule has 7 nitrogen and oxygen atoms in total. The van der Waals surface area contributed by atoms with Gasteiger partial charge in [-0.05, 0) is 59.7 Å². The van der Waals surface area contributed by atoms with Gasteiger partial charge in [0.25, 0.3) is 5.91 Å². The van der Waals surface area contributed by atoms with Crippen LogP contribution in [0.1, 0.15) is 28.8 Å². The standard InChI is InChI=1S/C23H24N3O4PS/c24-20-8-7-18(22-2-1-13-32-22)14-21(20)25-23(27)17-5-3-16(4-6-17)15-26-11-9-19(10-12-26)30-31(28)29/h1-8,13-14,19H,9-12,15,24H2,(H-,25,27,28,29)/p+1. The summed E-state index contributed by atoms with van der Waals surface area (Å²) in [5.41, 5.74) is 9.88. The Bertz CT molecular complexity index is 1080. The van der Waals surface area contributed by atoms with E-state index < -0.39 is 8.25 Å². The third-order valence-corrected chi connectivity index (χ3v) is 6.90. The van der Waals surface area contributed by atoms with Gasteiger partial charge in [-0.25, -0.2) is 0 Å². The molecule has 3 aromatic rings. The summed E-state index contributed by atoms with van der Waals surface area (Å²) in [5.74, 6) is -0.206. The third-order valence-electron chi connectivity index (χ3n) is 5.50. The minimum atomic E-state index is -2.54. The van der Waals surface area contributed by atoms with Crippen molar-refractivity contribution < 1.29 is 18.8 Å². The van der Waals surface area contributed by atoms with Gasteiger partial charge in [0, 0.05) is 34.6 Å². The maximum atomic E-state index is 12.8. The number of nitrogens with two attached hydrogens (primary N) is 1. The van der Waals surface area contributed by atoms with Gasteiger partial charge in [0.1, 0.15) is 6.10 Å². The number of rotatable bonds is 7. The zero-order valence-electron chi connectivity index (χ0n) is 17.4. The van der Waals surface area contributed by atoms with E-state index in [1.54, 1.807) is 17.4 Å². The Balaban J connectivity index is 1.35. The van der Waals surface area contributed by atoms with Crippen molar-refractivity contribution in [2.75, 3.05) is 24.1 Å². The smallest absolute Gasteiger partial charge is 0.397 e. The molecule has 1 fully saturated rings. The van der Waals surface area contributed by atoms with Gasteiger partial charge in [-0.2, -0.15) is 0 Å². The summed E-state index contributed by atoms with van der Waals surface area (Å²) in [6.45, 7) is 2.36. The average molecular weight is 471 g/mol. The fraction of sp³-hybridized carbons (Fsp3) is 0.261. The number of amides is 1. The van der Waals surface area contributed by atoms with E-state index in [4.69, 9.17) is 15.2 Å². The molecule has 1 saturated heterocycles. The fourth-order valence-electron chi connectivity index (χ4n) is 3.78. The van der Waals surface area contributed by atoms with E-state index in [0.717, 1.165) is 48.5 Å². The van der Waals surface area contributed by atoms with E-state index >= 15 is 0 Å². The van der Waals surface area contributed by atoms with Crippen molar-refractivity contribution in [3.05, 3.63) is 71.1 Å². The molecule has 32 heavy (non-hydrogen) atoms. The second-order valence-corrected chi connectivity index (χ2v) is 9.38. The van der Waals surface area contributed by atoms with Crippen LogP contribution in [0.25, 0.3) is 10.4 Å². The van der Waals surface area contributed by atoms with Gasteiger partial charge in [-0.1, -0.05) is 24.3 Å². The molecule has 0 saturated carbocycles. The number of nitrogen functional groups attached to an aromatic ring is 1. The number of carbonyl (C=O) groups excluding carboxylic acids is 1. The van der Waals surface area contributed by atoms with Crippen LogP contribution >= 0.6 is 19.6 Å². The van der Waals surface area contributed by atoms with Crippen molar-refractivity contribution in [2.45, 2.75) is 25.5 Å². The summed E-state index contributed by atoms with van der Waals surface area (Å²) in [7, 11) is -2.54. The van der Waals surface area contributed by atoms with E-state index in [0.29, 0.717) is 16.9 Å². The molecule has 2 heterocycles. The molecule has 1 amide bonds. The quantitative estimate of drug-likeness (QED) is 0.336. The highest BCUT2D eigenvalue weighted by atomic mass is 32.1. The molecule has 0 aliphatic carbocycles. The van der Waals surface area contributed by atoms with Crippen LogP contribution in [0.5, 0.6) is 0 Å². The Morgan fingerprint density at radius 1 is 1.19 bits per heavy atom. The number of hydrogen-bond acceptors (Lipinski definition) is 6. The Labute approximate surface area is 191 Å². The van der Waals surface area contributed by atoms with Crippen molar-refractivity contribution in [3.8, 4) is 10.4 Å². The molecular weight excluding hydrogens is 445 g/mol. The number of thiophene rings is 1. The van der Waals surface area contributed by atoms with Crippen LogP contribution < -0.4 is 11.1 Å². The number of nitrogens with one attached hydrogen (secondary N) is 1. The number of likely N-dealkylation sites (tertiary alicyclic amines) is 1. The zero-order valence-corrected chi connectivity index (χ0v) is 19.1. The lowest BCUT2D eigenvalue weighted by Crippen LogP contribution is -2.35. The molecule has 166 valence electrons. The largest absolute Gasteiger partial charge is 0.694 e. The minimum Gasteiger partial charge on any atom is -0.397 e. The number of carbonyl (C=O) groups is 1. The summed E-state index contributed by atoms with van der Waals surface area (Å²) >= 11 is 1.64. The predicted molar refractivity (Wildman–Crippen MR) is 128 cm³/mol. The second-order valence-electron chi connectivity index (χ2n) is 7.75. The molecule has 1 unspecified atom stereocenters. The van der Waals surface area contributed by atoms with Crippen molar-refractivity contribution >= 4 is 36.9 Å². The summed E-state index contributed by atoms with van der Waals surface area (Å²) < 4.78 is 15.8. The normalized spacial score (nSPS) is 15.5. The Morgan fingerprint density at radius 2 is 1.94 bits per heavy atom. The first-order valence-electron chi connectivity index (χ1n) is 10.4. The topological polar surface area (TPSA) is 105 Å². The third kappa shape index (κ3) is 5.79. The van der Waals surface area contributed by atoms with Gasteiger partial charge in [-0.15, -0.1) is 20.8 Å². The minimum absolute atomic E-state index is 0.156. The molecule has 0 spiro atoms. The van der Waals surface area contributed by atoms with Gasteiger partial charge in [0.2, 0.25) is 0 Å². The number of piperidine rings is 1. The molecule has 1 aliphatic heterocycles. The molecule has 1 aliphatic rings. The summed E-state index contributed by atoms with van der Waals surface area (Å²) in [6.07, 6.45) is 1.30. The first kappa shape index (κ1) is 22.6. The molecule has 0 radical (unpaired) electrons. The highest BCUT2D eigenvalue weighted by Crippen LogP contribution is 2.30. The van der Waals surface area contributed by atoms with Gasteiger partial charge in [0.15, 0.2) is 0 Å². The lowest BCUT2D eigenvalue weighted by atomic mass is 10.1. The maximum absolute atomic E-state index is 12.8. The van der Waals surface area contributed by atoms with Crippen molar-refractivity contribution in [1.82, 2.24) is 4.90 Å². The van der Waals surface area contributed by atoms with Crippen LogP contribution in [-0.2, 0) is 15.6 Å². The molecule has 1 aromatic heterocycles. The molecule has 0 bridgehead atoms. The van der Waals surface area contributed by atoms with Gasteiger partial charge in [-0.3, -0.25) is 9.69 Å². The highest BCUT2D eigenvalue weighted by molar-refractivity contribution is 7.32. The number of hydrogen-bond donors (Lipinski definition) is 3. The van der Waals surface area contributed by atoms with Crippen molar-refractivity contribution in [3.63, 3.8) is 0 Å². The van der Waals surface area contributed by atoms with E-state index in [-0.39, 0.29) is 12.0 Å². The van der Waals surface area contributed by atoms with Gasteiger partial charge >= 0.3 is 8.25 Å². The van der Waals surface area contributed by atoms with Gasteiger partial charge < -0.3 is 11.1 Å². The molecule has 1 atom stereocenters. The average Bonchev–Trinajstić information content (AvgIpc) is 3.32. The SMILES string of the molecule is Nc1ccc(-c2cccs2)cc1NC(=O)c1ccc(CN2CCC(O[P+](=O)O)CC2)cc1. The summed E-state index contributed by atoms with van der Waals surface area (Å²) in [5, 5.41) is 4.94. The number of nitrogens with zero attached hydrogens (tertiary/aromatic N) is 1. The maximum Gasteiger partial charge on any atom is 0.694 e. The summed E-state index contributed by atoms with van der Waals surface area (Å²) in [6, 6.07) is 17.2. The van der Waals surface area contributed by atoms with Gasteiger partial charge in [0.05, 0.1) is 11.4 Å². The summed E-state index contributed by atoms with van der Waals surface area (Å²) in [4.78, 5) is 25.0. The van der Waals surface area contributed by atoms with E-state index in [1.807, 2.05) is 53.9 Å². The Hall–Kier alpha value is -2.61. The first-order valence-corrected chi connectivity index (χ1v) is 12.4. The van der Waals surface area contributed by atoms with Crippen LogP contribution in [0.4, 0.5) is 11.4 Å². The molecule has 2 aromatic carbocycles. The van der Waals surface area contributed by atoms with Crippen molar-refractivity contribution in [2.24, 2.45) is 0 Å². The lowest BCUT2D eigenvalue weighted by Gasteiger charge is -2.29. The molecular formula is C23H25N3O4PS+. The van der Waals surface area contributed by atoms with Crippen LogP contribution in [0.3, 0.4) is 0 Å². The molecule has 9 heteroatoms. The van der Waals surface area contributed by atoms with E-state index in [1.165, 1.54) is 0 Å². The van der Waals surface area contributed by atoms with Crippen LogP contribution in [-0.4, -0.2) is 34.9 Å². The number of anilines is 2. The Morgan fingerprint density at radius 3 is 2.59 bits per heavy atom. The van der Waals surface area contributed by atoms with E-state index in [9.17, 15) is 9.36 Å². The zero-order chi connectivity index (χ0) is 22.5. The second kappa shape index (κ2) is 10.3. The first-order chi connectivity index (χ1) is 15.5. The van der Waals surface area contributed by atoms with Crippen LogP contribution in [0.2, 0.25) is 0 Å². The lowest BCUT2D eigenvalue weighted by molar-refractivity contribution is 0.0934. The number of benzene rings is 2. The van der Waals surface area contributed by atoms with E-state index in [2.05, 4.69) is 10.2 Å². The Kier molecular flexibility index (Phi) is 7.29. The molecule has 4 N–H and O–H groups in total.